The molecule has 0 saturated heterocycles. The number of hydrogen-bond acceptors (Lipinski definition) is 5. The van der Waals surface area contributed by atoms with Gasteiger partial charge in [0, 0.05) is 13.2 Å². The Labute approximate surface area is 123 Å². The van der Waals surface area contributed by atoms with Gasteiger partial charge in [0.25, 0.3) is 10.0 Å². The highest BCUT2D eigenvalue weighted by atomic mass is 32.2. The number of hydrogen-bond donors (Lipinski definition) is 2. The van der Waals surface area contributed by atoms with Crippen LogP contribution in [0.2, 0.25) is 0 Å². The van der Waals surface area contributed by atoms with Gasteiger partial charge in [-0.15, -0.1) is 0 Å². The molecule has 0 aliphatic carbocycles. The van der Waals surface area contributed by atoms with E-state index in [0.717, 1.165) is 5.56 Å². The molecule has 1 aromatic heterocycles. The number of sulfonamides is 1. The summed E-state index contributed by atoms with van der Waals surface area (Å²) in [7, 11) is -2.16. The summed E-state index contributed by atoms with van der Waals surface area (Å²) >= 11 is 0. The van der Waals surface area contributed by atoms with E-state index < -0.39 is 10.0 Å². The van der Waals surface area contributed by atoms with Crippen LogP contribution in [0.5, 0.6) is 5.75 Å². The normalized spacial score (nSPS) is 11.4. The first kappa shape index (κ1) is 15.2. The fourth-order valence-electron chi connectivity index (χ4n) is 1.90. The summed E-state index contributed by atoms with van der Waals surface area (Å²) < 4.78 is 33.9. The Kier molecular flexibility index (Phi) is 4.08. The van der Waals surface area contributed by atoms with Gasteiger partial charge in [0.15, 0.2) is 5.82 Å². The van der Waals surface area contributed by atoms with Gasteiger partial charge in [-0.2, -0.15) is 5.10 Å². The number of ether oxygens (including phenoxy) is 1. The third-order valence-electron chi connectivity index (χ3n) is 2.86. The number of anilines is 2. The Morgan fingerprint density at radius 3 is 2.67 bits per heavy atom. The first-order valence-electron chi connectivity index (χ1n) is 6.39. The van der Waals surface area contributed by atoms with Gasteiger partial charge in [0.1, 0.15) is 10.6 Å². The van der Waals surface area contributed by atoms with Gasteiger partial charge in [-0.1, -0.05) is 0 Å². The van der Waals surface area contributed by atoms with Gasteiger partial charge in [-0.05, 0) is 37.6 Å². The highest BCUT2D eigenvalue weighted by molar-refractivity contribution is 7.92. The third-order valence-corrected chi connectivity index (χ3v) is 4.25. The Hall–Kier alpha value is -2.22. The lowest BCUT2D eigenvalue weighted by molar-refractivity contribution is 0.340. The van der Waals surface area contributed by atoms with Gasteiger partial charge in [0.2, 0.25) is 0 Å². The van der Waals surface area contributed by atoms with Crippen LogP contribution in [0.1, 0.15) is 12.5 Å². The number of nitrogens with one attached hydrogen (secondary N) is 1. The molecule has 2 rings (SSSR count). The summed E-state index contributed by atoms with van der Waals surface area (Å²) in [6.07, 6.45) is 1.36. The fourth-order valence-corrected chi connectivity index (χ4v) is 3.13. The predicted molar refractivity (Wildman–Crippen MR) is 80.8 cm³/mol. The second-order valence-corrected chi connectivity index (χ2v) is 6.22. The minimum Gasteiger partial charge on any atom is -0.494 e. The summed E-state index contributed by atoms with van der Waals surface area (Å²) in [5.74, 6) is 0.660. The standard InChI is InChI=1S/C13H18N4O3S/c1-4-20-10-5-6-11(9(2)7-10)16-21(18,19)12-8-17(3)15-13(12)14/h5-8,16H,4H2,1-3H3,(H2,14,15). The largest absolute Gasteiger partial charge is 0.494 e. The van der Waals surface area contributed by atoms with Crippen molar-refractivity contribution >= 4 is 21.5 Å². The van der Waals surface area contributed by atoms with Crippen LogP contribution in [0.15, 0.2) is 29.3 Å². The Morgan fingerprint density at radius 1 is 1.43 bits per heavy atom. The van der Waals surface area contributed by atoms with Crippen LogP contribution in [-0.4, -0.2) is 24.8 Å². The topological polar surface area (TPSA) is 99.2 Å². The molecule has 8 heteroatoms. The van der Waals surface area contributed by atoms with Crippen molar-refractivity contribution < 1.29 is 13.2 Å². The quantitative estimate of drug-likeness (QED) is 0.872. The zero-order valence-electron chi connectivity index (χ0n) is 12.1. The maximum atomic E-state index is 12.3. The number of aromatic nitrogens is 2. The molecule has 0 aliphatic rings. The van der Waals surface area contributed by atoms with Gasteiger partial charge in [-0.3, -0.25) is 9.40 Å². The Balaban J connectivity index is 2.31. The number of nitrogens with zero attached hydrogens (tertiary/aromatic N) is 2. The van der Waals surface area contributed by atoms with Crippen LogP contribution >= 0.6 is 0 Å². The first-order chi connectivity index (χ1) is 9.83. The van der Waals surface area contributed by atoms with Crippen LogP contribution in [-0.2, 0) is 17.1 Å². The van der Waals surface area contributed by atoms with E-state index in [-0.39, 0.29) is 10.7 Å². The predicted octanol–water partition coefficient (Wildman–Crippen LogP) is 1.51. The average molecular weight is 310 g/mol. The van der Waals surface area contributed by atoms with Crippen molar-refractivity contribution in [2.45, 2.75) is 18.7 Å². The zero-order valence-corrected chi connectivity index (χ0v) is 12.9. The summed E-state index contributed by atoms with van der Waals surface area (Å²) in [5.41, 5.74) is 6.84. The molecule has 0 amide bonds. The molecule has 0 aliphatic heterocycles. The molecule has 0 fully saturated rings. The van der Waals surface area contributed by atoms with Crippen molar-refractivity contribution in [2.24, 2.45) is 7.05 Å². The van der Waals surface area contributed by atoms with Gasteiger partial charge >= 0.3 is 0 Å². The maximum Gasteiger partial charge on any atom is 0.267 e. The lowest BCUT2D eigenvalue weighted by Crippen LogP contribution is -2.14. The van der Waals surface area contributed by atoms with E-state index in [1.165, 1.54) is 10.9 Å². The van der Waals surface area contributed by atoms with Crippen molar-refractivity contribution in [3.05, 3.63) is 30.0 Å². The molecule has 0 saturated carbocycles. The van der Waals surface area contributed by atoms with Crippen LogP contribution < -0.4 is 15.2 Å². The van der Waals surface area contributed by atoms with Crippen LogP contribution in [0.25, 0.3) is 0 Å². The average Bonchev–Trinajstić information content (AvgIpc) is 2.73. The van der Waals surface area contributed by atoms with Crippen molar-refractivity contribution in [2.75, 3.05) is 17.1 Å². The smallest absolute Gasteiger partial charge is 0.267 e. The zero-order chi connectivity index (χ0) is 15.6. The molecular weight excluding hydrogens is 292 g/mol. The molecule has 3 N–H and O–H groups in total. The fraction of sp³-hybridized carbons (Fsp3) is 0.308. The summed E-state index contributed by atoms with van der Waals surface area (Å²) in [5, 5.41) is 3.84. The summed E-state index contributed by atoms with van der Waals surface area (Å²) in [6, 6.07) is 5.14. The Morgan fingerprint density at radius 2 is 2.14 bits per heavy atom. The van der Waals surface area contributed by atoms with E-state index >= 15 is 0 Å². The van der Waals surface area contributed by atoms with Gasteiger partial charge in [0.05, 0.1) is 12.3 Å². The lowest BCUT2D eigenvalue weighted by atomic mass is 10.2. The minimum atomic E-state index is -3.77. The molecule has 2 aromatic rings. The van der Waals surface area contributed by atoms with Crippen molar-refractivity contribution in [1.29, 1.82) is 0 Å². The lowest BCUT2D eigenvalue weighted by Gasteiger charge is -2.11. The SMILES string of the molecule is CCOc1ccc(NS(=O)(=O)c2cn(C)nc2N)c(C)c1. The van der Waals surface area contributed by atoms with Crippen LogP contribution in [0.3, 0.4) is 0 Å². The number of nitrogens with two attached hydrogens (primary N) is 1. The molecule has 0 radical (unpaired) electrons. The van der Waals surface area contributed by atoms with E-state index in [2.05, 4.69) is 9.82 Å². The second kappa shape index (κ2) is 5.65. The Bertz CT molecular complexity index is 753. The molecular formula is C13H18N4O3S. The molecule has 0 unspecified atom stereocenters. The van der Waals surface area contributed by atoms with E-state index in [9.17, 15) is 8.42 Å². The summed E-state index contributed by atoms with van der Waals surface area (Å²) in [4.78, 5) is -0.0433. The van der Waals surface area contributed by atoms with Crippen LogP contribution in [0, 0.1) is 6.92 Å². The highest BCUT2D eigenvalue weighted by Crippen LogP contribution is 2.25. The minimum absolute atomic E-state index is 0.0337. The van der Waals surface area contributed by atoms with E-state index in [0.29, 0.717) is 18.0 Å². The van der Waals surface area contributed by atoms with Crippen molar-refractivity contribution in [3.8, 4) is 5.75 Å². The molecule has 0 bridgehead atoms. The number of nitrogen functional groups attached to an aromatic ring is 1. The molecule has 0 atom stereocenters. The molecule has 1 heterocycles. The molecule has 114 valence electrons. The number of aryl methyl sites for hydroxylation is 2. The number of benzene rings is 1. The second-order valence-electron chi connectivity index (χ2n) is 4.57. The van der Waals surface area contributed by atoms with Crippen molar-refractivity contribution in [3.63, 3.8) is 0 Å². The van der Waals surface area contributed by atoms with Crippen LogP contribution in [0.4, 0.5) is 11.5 Å². The monoisotopic (exact) mass is 310 g/mol. The highest BCUT2D eigenvalue weighted by Gasteiger charge is 2.21. The molecule has 0 spiro atoms. The van der Waals surface area contributed by atoms with Gasteiger partial charge in [-0.25, -0.2) is 8.42 Å². The molecule has 1 aromatic carbocycles. The van der Waals surface area contributed by atoms with E-state index in [1.54, 1.807) is 32.2 Å². The maximum absolute atomic E-state index is 12.3. The van der Waals surface area contributed by atoms with Gasteiger partial charge < -0.3 is 10.5 Å². The first-order valence-corrected chi connectivity index (χ1v) is 7.87. The van der Waals surface area contributed by atoms with Crippen molar-refractivity contribution in [1.82, 2.24) is 9.78 Å². The molecule has 7 nitrogen and oxygen atoms in total. The molecule has 21 heavy (non-hydrogen) atoms. The van der Waals surface area contributed by atoms with E-state index in [4.69, 9.17) is 10.5 Å². The summed E-state index contributed by atoms with van der Waals surface area (Å²) in [6.45, 7) is 4.24. The number of rotatable bonds is 5. The van der Waals surface area contributed by atoms with E-state index in [1.807, 2.05) is 6.92 Å². The third kappa shape index (κ3) is 3.27.